The second kappa shape index (κ2) is 4.84. The predicted octanol–water partition coefficient (Wildman–Crippen LogP) is 1.96. The average molecular weight is 230 g/mol. The van der Waals surface area contributed by atoms with Gasteiger partial charge in [0.2, 0.25) is 0 Å². The number of halogens is 1. The largest absolute Gasteiger partial charge is 0.496 e. The summed E-state index contributed by atoms with van der Waals surface area (Å²) >= 11 is 6.12. The number of methoxy groups -OCH3 is 1. The van der Waals surface area contributed by atoms with Crippen LogP contribution in [-0.4, -0.2) is 18.8 Å². The van der Waals surface area contributed by atoms with Crippen molar-refractivity contribution in [2.75, 3.05) is 13.7 Å². The molecular formula is C11H16ClNO2. The number of aliphatic hydroxyl groups is 1. The molecule has 0 bridgehead atoms. The first-order valence-corrected chi connectivity index (χ1v) is 5.10. The molecule has 0 radical (unpaired) electrons. The molecule has 0 aliphatic rings. The summed E-state index contributed by atoms with van der Waals surface area (Å²) in [6, 6.07) is 1.37. The van der Waals surface area contributed by atoms with Crippen molar-refractivity contribution >= 4 is 11.6 Å². The topological polar surface area (TPSA) is 55.5 Å². The molecule has 1 unspecified atom stereocenters. The maximum absolute atomic E-state index is 9.07. The van der Waals surface area contributed by atoms with Gasteiger partial charge in [-0.25, -0.2) is 0 Å². The lowest BCUT2D eigenvalue weighted by molar-refractivity contribution is 0.264. The lowest BCUT2D eigenvalue weighted by atomic mass is 9.98. The monoisotopic (exact) mass is 229 g/mol. The molecule has 0 spiro atoms. The first kappa shape index (κ1) is 12.3. The summed E-state index contributed by atoms with van der Waals surface area (Å²) in [7, 11) is 1.58. The summed E-state index contributed by atoms with van der Waals surface area (Å²) in [4.78, 5) is 0. The number of aliphatic hydroxyl groups excluding tert-OH is 1. The number of benzene rings is 1. The van der Waals surface area contributed by atoms with Crippen LogP contribution < -0.4 is 10.5 Å². The lowest BCUT2D eigenvalue weighted by Crippen LogP contribution is -2.17. The van der Waals surface area contributed by atoms with Gasteiger partial charge in [-0.3, -0.25) is 0 Å². The highest BCUT2D eigenvalue weighted by molar-refractivity contribution is 6.32. The van der Waals surface area contributed by atoms with Crippen molar-refractivity contribution in [3.05, 3.63) is 27.8 Å². The highest BCUT2D eigenvalue weighted by Crippen LogP contribution is 2.34. The van der Waals surface area contributed by atoms with Crippen LogP contribution in [0.5, 0.6) is 5.75 Å². The van der Waals surface area contributed by atoms with Crippen molar-refractivity contribution in [2.24, 2.45) is 5.73 Å². The minimum Gasteiger partial charge on any atom is -0.496 e. The van der Waals surface area contributed by atoms with E-state index in [9.17, 15) is 0 Å². The zero-order chi connectivity index (χ0) is 11.6. The van der Waals surface area contributed by atoms with Crippen LogP contribution in [0.2, 0.25) is 5.02 Å². The molecule has 0 aliphatic carbocycles. The van der Waals surface area contributed by atoms with Gasteiger partial charge in [0, 0.05) is 10.6 Å². The van der Waals surface area contributed by atoms with E-state index < -0.39 is 6.04 Å². The van der Waals surface area contributed by atoms with Gasteiger partial charge in [-0.1, -0.05) is 11.6 Å². The molecule has 0 heterocycles. The van der Waals surface area contributed by atoms with Gasteiger partial charge >= 0.3 is 0 Å². The Bertz CT molecular complexity index is 366. The van der Waals surface area contributed by atoms with Gasteiger partial charge in [0.25, 0.3) is 0 Å². The Balaban J connectivity index is 3.40. The van der Waals surface area contributed by atoms with E-state index in [-0.39, 0.29) is 6.61 Å². The van der Waals surface area contributed by atoms with E-state index in [0.717, 1.165) is 16.7 Å². The summed E-state index contributed by atoms with van der Waals surface area (Å²) in [5, 5.41) is 9.74. The van der Waals surface area contributed by atoms with Gasteiger partial charge < -0.3 is 15.6 Å². The number of rotatable bonds is 3. The molecule has 0 saturated carbocycles. The van der Waals surface area contributed by atoms with E-state index in [0.29, 0.717) is 10.8 Å². The van der Waals surface area contributed by atoms with E-state index in [1.54, 1.807) is 7.11 Å². The van der Waals surface area contributed by atoms with Crippen LogP contribution >= 0.6 is 11.6 Å². The molecule has 3 N–H and O–H groups in total. The van der Waals surface area contributed by atoms with Gasteiger partial charge in [-0.15, -0.1) is 0 Å². The summed E-state index contributed by atoms with van der Waals surface area (Å²) in [6.45, 7) is 3.66. The summed E-state index contributed by atoms with van der Waals surface area (Å²) < 4.78 is 5.24. The number of ether oxygens (including phenoxy) is 1. The standard InChI is InChI=1S/C11H16ClNO2/c1-6-4-9(15-3)10(8(13)5-14)7(2)11(6)12/h4,8,14H,5,13H2,1-3H3. The molecule has 0 fully saturated rings. The van der Waals surface area contributed by atoms with Crippen LogP contribution in [0.4, 0.5) is 0 Å². The summed E-state index contributed by atoms with van der Waals surface area (Å²) in [5.74, 6) is 0.677. The Hall–Kier alpha value is -0.770. The van der Waals surface area contributed by atoms with E-state index >= 15 is 0 Å². The minimum atomic E-state index is -0.460. The van der Waals surface area contributed by atoms with Crippen molar-refractivity contribution in [3.8, 4) is 5.75 Å². The van der Waals surface area contributed by atoms with E-state index in [1.807, 2.05) is 19.9 Å². The highest BCUT2D eigenvalue weighted by atomic mass is 35.5. The van der Waals surface area contributed by atoms with E-state index in [4.69, 9.17) is 27.2 Å². The Morgan fingerprint density at radius 1 is 1.53 bits per heavy atom. The van der Waals surface area contributed by atoms with Crippen molar-refractivity contribution in [1.29, 1.82) is 0 Å². The molecule has 1 atom stereocenters. The van der Waals surface area contributed by atoms with E-state index in [2.05, 4.69) is 0 Å². The Labute approximate surface area is 94.8 Å². The number of nitrogens with two attached hydrogens (primary N) is 1. The molecule has 1 aromatic carbocycles. The maximum Gasteiger partial charge on any atom is 0.124 e. The second-order valence-electron chi connectivity index (χ2n) is 3.54. The SMILES string of the molecule is COc1cc(C)c(Cl)c(C)c1C(N)CO. The first-order chi connectivity index (χ1) is 7.02. The highest BCUT2D eigenvalue weighted by Gasteiger charge is 2.17. The number of hydrogen-bond acceptors (Lipinski definition) is 3. The van der Waals surface area contributed by atoms with Crippen molar-refractivity contribution in [2.45, 2.75) is 19.9 Å². The predicted molar refractivity (Wildman–Crippen MR) is 61.5 cm³/mol. The third-order valence-corrected chi connectivity index (χ3v) is 3.06. The smallest absolute Gasteiger partial charge is 0.124 e. The van der Waals surface area contributed by atoms with Crippen LogP contribution in [-0.2, 0) is 0 Å². The molecule has 0 aromatic heterocycles. The summed E-state index contributed by atoms with van der Waals surface area (Å²) in [5.41, 5.74) is 8.39. The van der Waals surface area contributed by atoms with Crippen LogP contribution in [0.3, 0.4) is 0 Å². The number of aryl methyl sites for hydroxylation is 1. The quantitative estimate of drug-likeness (QED) is 0.833. The Kier molecular flexibility index (Phi) is 3.97. The fourth-order valence-corrected chi connectivity index (χ4v) is 1.81. The molecule has 84 valence electrons. The first-order valence-electron chi connectivity index (χ1n) is 4.73. The van der Waals surface area contributed by atoms with Crippen molar-refractivity contribution in [1.82, 2.24) is 0 Å². The zero-order valence-electron chi connectivity index (χ0n) is 9.17. The molecule has 1 rings (SSSR count). The minimum absolute atomic E-state index is 0.128. The fourth-order valence-electron chi connectivity index (χ4n) is 1.66. The van der Waals surface area contributed by atoms with Crippen molar-refractivity contribution in [3.63, 3.8) is 0 Å². The molecule has 1 aromatic rings. The molecule has 15 heavy (non-hydrogen) atoms. The second-order valence-corrected chi connectivity index (χ2v) is 3.92. The van der Waals surface area contributed by atoms with E-state index in [1.165, 1.54) is 0 Å². The van der Waals surface area contributed by atoms with Gasteiger partial charge in [-0.2, -0.15) is 0 Å². The Morgan fingerprint density at radius 2 is 2.13 bits per heavy atom. The van der Waals surface area contributed by atoms with Gasteiger partial charge in [0.15, 0.2) is 0 Å². The van der Waals surface area contributed by atoms with Crippen LogP contribution in [0.1, 0.15) is 22.7 Å². The third-order valence-electron chi connectivity index (χ3n) is 2.48. The van der Waals surface area contributed by atoms with Crippen LogP contribution in [0.15, 0.2) is 6.07 Å². The summed E-state index contributed by atoms with van der Waals surface area (Å²) in [6.07, 6.45) is 0. The fraction of sp³-hybridized carbons (Fsp3) is 0.455. The normalized spacial score (nSPS) is 12.7. The molecular weight excluding hydrogens is 214 g/mol. The lowest BCUT2D eigenvalue weighted by Gasteiger charge is -2.18. The molecule has 4 heteroatoms. The van der Waals surface area contributed by atoms with Gasteiger partial charge in [0.1, 0.15) is 5.75 Å². The average Bonchev–Trinajstić information content (AvgIpc) is 2.24. The third kappa shape index (κ3) is 2.25. The van der Waals surface area contributed by atoms with Crippen molar-refractivity contribution < 1.29 is 9.84 Å². The Morgan fingerprint density at radius 3 is 2.60 bits per heavy atom. The molecule has 3 nitrogen and oxygen atoms in total. The zero-order valence-corrected chi connectivity index (χ0v) is 9.93. The van der Waals surface area contributed by atoms with Crippen LogP contribution in [0.25, 0.3) is 0 Å². The molecule has 0 aliphatic heterocycles. The number of hydrogen-bond donors (Lipinski definition) is 2. The van der Waals surface area contributed by atoms with Crippen LogP contribution in [0, 0.1) is 13.8 Å². The molecule has 0 saturated heterocycles. The molecule has 0 amide bonds. The maximum atomic E-state index is 9.07. The van der Waals surface area contributed by atoms with Gasteiger partial charge in [-0.05, 0) is 31.0 Å². The van der Waals surface area contributed by atoms with Gasteiger partial charge in [0.05, 0.1) is 19.8 Å².